The molecule has 1 radical (unpaired) electrons. The number of nitrogens with zero attached hydrogens (tertiary/aromatic N) is 1. The van der Waals surface area contributed by atoms with Crippen LogP contribution < -0.4 is 0 Å². The summed E-state index contributed by atoms with van der Waals surface area (Å²) in [7, 11) is 0. The Labute approximate surface area is 238 Å². The van der Waals surface area contributed by atoms with Gasteiger partial charge in [-0.2, -0.15) is 0 Å². The summed E-state index contributed by atoms with van der Waals surface area (Å²) in [6.07, 6.45) is 14.0. The van der Waals surface area contributed by atoms with E-state index in [4.69, 9.17) is 23.7 Å². The number of esters is 1. The number of ether oxygens (including phenoxy) is 5. The summed E-state index contributed by atoms with van der Waals surface area (Å²) in [5.41, 5.74) is 0. The lowest BCUT2D eigenvalue weighted by Gasteiger charge is -2.37. The van der Waals surface area contributed by atoms with Gasteiger partial charge < -0.3 is 28.6 Å². The molecule has 0 spiro atoms. The highest BCUT2D eigenvalue weighted by atomic mass is 16.7. The zero-order valence-electron chi connectivity index (χ0n) is 25.3. The Kier molecular flexibility index (Phi) is 22.3. The van der Waals surface area contributed by atoms with E-state index in [2.05, 4.69) is 32.6 Å². The molecular weight excluding hydrogens is 498 g/mol. The maximum Gasteiger partial charge on any atom is 0.508 e. The van der Waals surface area contributed by atoms with Crippen molar-refractivity contribution < 1.29 is 33.3 Å². The van der Waals surface area contributed by atoms with Gasteiger partial charge in [0.1, 0.15) is 13.2 Å². The van der Waals surface area contributed by atoms with Crippen LogP contribution in [0.3, 0.4) is 0 Å². The summed E-state index contributed by atoms with van der Waals surface area (Å²) in [5.74, 6) is -0.306. The number of carbonyl (C=O) groups excluding carboxylic acids is 2. The lowest BCUT2D eigenvalue weighted by Crippen LogP contribution is -2.48. The Hall–Kier alpha value is -1.38. The van der Waals surface area contributed by atoms with Crippen molar-refractivity contribution in [3.63, 3.8) is 0 Å². The van der Waals surface area contributed by atoms with Gasteiger partial charge in [0.25, 0.3) is 0 Å². The molecule has 0 N–H and O–H groups in total. The first-order chi connectivity index (χ1) is 19.0. The third kappa shape index (κ3) is 20.2. The summed E-state index contributed by atoms with van der Waals surface area (Å²) in [6, 6.07) is 0. The van der Waals surface area contributed by atoms with Crippen LogP contribution in [0.2, 0.25) is 0 Å². The molecule has 39 heavy (non-hydrogen) atoms. The molecular formula is C31H58NO7. The van der Waals surface area contributed by atoms with E-state index in [1.165, 1.54) is 51.4 Å². The zero-order valence-corrected chi connectivity index (χ0v) is 25.3. The number of likely N-dealkylation sites (tertiary alicyclic amines) is 1. The molecule has 0 aliphatic carbocycles. The number of hydrogen-bond donors (Lipinski definition) is 0. The fourth-order valence-corrected chi connectivity index (χ4v) is 4.43. The number of unbranched alkanes of at least 4 members (excludes halogenated alkanes) is 10. The van der Waals surface area contributed by atoms with Crippen LogP contribution in [0.25, 0.3) is 0 Å². The second-order valence-corrected chi connectivity index (χ2v) is 10.9. The molecule has 8 heteroatoms. The normalized spacial score (nSPS) is 14.8. The Balaban J connectivity index is 2.20. The van der Waals surface area contributed by atoms with Gasteiger partial charge >= 0.3 is 12.1 Å². The fourth-order valence-electron chi connectivity index (χ4n) is 4.43. The average molecular weight is 557 g/mol. The van der Waals surface area contributed by atoms with Crippen molar-refractivity contribution in [2.75, 3.05) is 52.7 Å². The summed E-state index contributed by atoms with van der Waals surface area (Å²) < 4.78 is 27.6. The lowest BCUT2D eigenvalue weighted by molar-refractivity contribution is -0.160. The van der Waals surface area contributed by atoms with Gasteiger partial charge in [0, 0.05) is 44.6 Å². The van der Waals surface area contributed by atoms with Crippen LogP contribution in [-0.4, -0.2) is 76.0 Å². The molecule has 1 atom stereocenters. The molecule has 0 amide bonds. The van der Waals surface area contributed by atoms with Gasteiger partial charge in [0.15, 0.2) is 6.29 Å². The van der Waals surface area contributed by atoms with Crippen LogP contribution in [0, 0.1) is 18.8 Å². The van der Waals surface area contributed by atoms with E-state index in [0.29, 0.717) is 32.2 Å². The molecule has 1 aliphatic rings. The quantitative estimate of drug-likeness (QED) is 0.0643. The van der Waals surface area contributed by atoms with E-state index in [1.807, 2.05) is 0 Å². The summed E-state index contributed by atoms with van der Waals surface area (Å²) in [5, 5.41) is 0. The molecule has 1 rings (SSSR count). The largest absolute Gasteiger partial charge is 0.508 e. The van der Waals surface area contributed by atoms with E-state index in [-0.39, 0.29) is 31.5 Å². The van der Waals surface area contributed by atoms with Crippen LogP contribution in [-0.2, 0) is 28.5 Å². The monoisotopic (exact) mass is 556 g/mol. The Morgan fingerprint density at radius 2 is 1.31 bits per heavy atom. The number of hydrogen-bond acceptors (Lipinski definition) is 8. The fraction of sp³-hybridized carbons (Fsp3) is 0.903. The standard InChI is InChI=1S/C31H58NO7/c1-5-8-10-12-14-16-20-35-30(36-21-17-15-13-11-9-6-2)19-18-29(33)37-24-27(4)25-38-31(34)39-26-28-22-32(7-3)23-28/h27-28,30H,4-26H2,1-3H3. The third-order valence-corrected chi connectivity index (χ3v) is 7.02. The first kappa shape index (κ1) is 35.6. The van der Waals surface area contributed by atoms with Crippen molar-refractivity contribution in [2.24, 2.45) is 11.8 Å². The first-order valence-corrected chi connectivity index (χ1v) is 15.7. The van der Waals surface area contributed by atoms with E-state index < -0.39 is 12.4 Å². The zero-order chi connectivity index (χ0) is 28.6. The summed E-state index contributed by atoms with van der Waals surface area (Å²) in [6.45, 7) is 15.2. The van der Waals surface area contributed by atoms with Crippen LogP contribution in [0.5, 0.6) is 0 Å². The van der Waals surface area contributed by atoms with Gasteiger partial charge in [0.2, 0.25) is 0 Å². The Bertz CT molecular complexity index is 579. The second kappa shape index (κ2) is 24.4. The number of carbonyl (C=O) groups is 2. The Morgan fingerprint density at radius 3 is 1.87 bits per heavy atom. The predicted octanol–water partition coefficient (Wildman–Crippen LogP) is 6.95. The van der Waals surface area contributed by atoms with Gasteiger partial charge in [-0.1, -0.05) is 85.0 Å². The molecule has 0 aromatic heterocycles. The molecule has 0 saturated carbocycles. The van der Waals surface area contributed by atoms with E-state index in [0.717, 1.165) is 45.3 Å². The van der Waals surface area contributed by atoms with Gasteiger partial charge in [-0.05, 0) is 26.3 Å². The maximum absolute atomic E-state index is 12.3. The summed E-state index contributed by atoms with van der Waals surface area (Å²) >= 11 is 0. The molecule has 229 valence electrons. The molecule has 1 aliphatic heterocycles. The minimum absolute atomic E-state index is 0.0449. The van der Waals surface area contributed by atoms with Crippen molar-refractivity contribution in [2.45, 2.75) is 117 Å². The molecule has 8 nitrogen and oxygen atoms in total. The van der Waals surface area contributed by atoms with Gasteiger partial charge in [0.05, 0.1) is 13.0 Å². The SMILES string of the molecule is [CH2]C(COC(=O)CCC(OCCCCCCCC)OCCCCCCCC)COC(=O)OCC1CN(CC)C1. The van der Waals surface area contributed by atoms with E-state index in [1.54, 1.807) is 0 Å². The highest BCUT2D eigenvalue weighted by Crippen LogP contribution is 2.15. The smallest absolute Gasteiger partial charge is 0.465 e. The minimum Gasteiger partial charge on any atom is -0.465 e. The van der Waals surface area contributed by atoms with Crippen molar-refractivity contribution >= 4 is 12.1 Å². The molecule has 1 fully saturated rings. The highest BCUT2D eigenvalue weighted by Gasteiger charge is 2.26. The summed E-state index contributed by atoms with van der Waals surface area (Å²) in [4.78, 5) is 26.4. The first-order valence-electron chi connectivity index (χ1n) is 15.7. The van der Waals surface area contributed by atoms with Gasteiger partial charge in [-0.3, -0.25) is 4.79 Å². The maximum atomic E-state index is 12.3. The predicted molar refractivity (Wildman–Crippen MR) is 154 cm³/mol. The molecule has 0 aromatic carbocycles. The van der Waals surface area contributed by atoms with Crippen molar-refractivity contribution in [3.05, 3.63) is 6.92 Å². The van der Waals surface area contributed by atoms with E-state index >= 15 is 0 Å². The van der Waals surface area contributed by atoms with Crippen LogP contribution in [0.1, 0.15) is 111 Å². The molecule has 0 aromatic rings. The van der Waals surface area contributed by atoms with Gasteiger partial charge in [-0.25, -0.2) is 4.79 Å². The molecule has 1 saturated heterocycles. The second-order valence-electron chi connectivity index (χ2n) is 10.9. The van der Waals surface area contributed by atoms with E-state index in [9.17, 15) is 9.59 Å². The van der Waals surface area contributed by atoms with Crippen molar-refractivity contribution in [1.29, 1.82) is 0 Å². The number of rotatable bonds is 26. The van der Waals surface area contributed by atoms with Crippen LogP contribution >= 0.6 is 0 Å². The van der Waals surface area contributed by atoms with Crippen molar-refractivity contribution in [3.8, 4) is 0 Å². The molecule has 0 bridgehead atoms. The topological polar surface area (TPSA) is 83.5 Å². The lowest BCUT2D eigenvalue weighted by atomic mass is 10.0. The highest BCUT2D eigenvalue weighted by molar-refractivity contribution is 5.69. The molecule has 1 heterocycles. The Morgan fingerprint density at radius 1 is 0.769 bits per heavy atom. The average Bonchev–Trinajstić information content (AvgIpc) is 2.91. The van der Waals surface area contributed by atoms with Gasteiger partial charge in [-0.15, -0.1) is 0 Å². The molecule has 1 unspecified atom stereocenters. The van der Waals surface area contributed by atoms with Crippen LogP contribution in [0.15, 0.2) is 0 Å². The third-order valence-electron chi connectivity index (χ3n) is 7.02. The van der Waals surface area contributed by atoms with Crippen LogP contribution in [0.4, 0.5) is 4.79 Å². The van der Waals surface area contributed by atoms with Crippen molar-refractivity contribution in [1.82, 2.24) is 4.90 Å². The minimum atomic E-state index is -0.696.